The number of hydrogen-bond donors (Lipinski definition) is 1. The second kappa shape index (κ2) is 5.90. The predicted octanol–water partition coefficient (Wildman–Crippen LogP) is 5.57. The van der Waals surface area contributed by atoms with Gasteiger partial charge in [0.05, 0.1) is 10.6 Å². The molecule has 1 aromatic carbocycles. The SMILES string of the molecule is CC1CCCC2(CSC(Nc3ccc(Cl)c(Br)c3)=N2)C1. The predicted molar refractivity (Wildman–Crippen MR) is 93.0 cm³/mol. The fourth-order valence-electron chi connectivity index (χ4n) is 3.11. The summed E-state index contributed by atoms with van der Waals surface area (Å²) < 4.78 is 0.911. The molecule has 0 bridgehead atoms. The first-order valence-corrected chi connectivity index (χ1v) is 9.17. The summed E-state index contributed by atoms with van der Waals surface area (Å²) in [6.45, 7) is 2.35. The number of benzene rings is 1. The lowest BCUT2D eigenvalue weighted by atomic mass is 9.78. The van der Waals surface area contributed by atoms with E-state index in [1.807, 2.05) is 30.0 Å². The summed E-state index contributed by atoms with van der Waals surface area (Å²) in [5, 5.41) is 5.20. The van der Waals surface area contributed by atoms with Crippen molar-refractivity contribution in [3.63, 3.8) is 0 Å². The molecule has 0 saturated heterocycles. The van der Waals surface area contributed by atoms with E-state index < -0.39 is 0 Å². The second-order valence-electron chi connectivity index (χ2n) is 5.89. The molecule has 1 heterocycles. The molecule has 0 radical (unpaired) electrons. The fourth-order valence-corrected chi connectivity index (χ4v) is 4.79. The number of nitrogens with one attached hydrogen (secondary N) is 1. The number of halogens is 2. The van der Waals surface area contributed by atoms with Gasteiger partial charge in [-0.2, -0.15) is 0 Å². The minimum Gasteiger partial charge on any atom is -0.335 e. The van der Waals surface area contributed by atoms with Gasteiger partial charge in [-0.25, -0.2) is 0 Å². The normalized spacial score (nSPS) is 29.6. The first-order chi connectivity index (χ1) is 9.56. The Labute approximate surface area is 137 Å². The van der Waals surface area contributed by atoms with Gasteiger partial charge < -0.3 is 5.32 Å². The van der Waals surface area contributed by atoms with E-state index >= 15 is 0 Å². The van der Waals surface area contributed by atoms with E-state index in [1.54, 1.807) is 0 Å². The van der Waals surface area contributed by atoms with E-state index in [2.05, 4.69) is 28.2 Å². The molecule has 1 saturated carbocycles. The zero-order chi connectivity index (χ0) is 14.2. The maximum Gasteiger partial charge on any atom is 0.161 e. The topological polar surface area (TPSA) is 24.4 Å². The number of nitrogens with zero attached hydrogens (tertiary/aromatic N) is 1. The van der Waals surface area contributed by atoms with Gasteiger partial charge in [-0.15, -0.1) is 0 Å². The summed E-state index contributed by atoms with van der Waals surface area (Å²) >= 11 is 11.3. The van der Waals surface area contributed by atoms with Crippen molar-refractivity contribution in [1.82, 2.24) is 0 Å². The van der Waals surface area contributed by atoms with Crippen LogP contribution in [0.3, 0.4) is 0 Å². The van der Waals surface area contributed by atoms with E-state index in [0.29, 0.717) is 0 Å². The average Bonchev–Trinajstić information content (AvgIpc) is 2.76. The molecule has 0 amide bonds. The van der Waals surface area contributed by atoms with Gasteiger partial charge in [0.15, 0.2) is 5.17 Å². The molecule has 0 aromatic heterocycles. The average molecular weight is 374 g/mol. The first kappa shape index (κ1) is 14.7. The Kier molecular flexibility index (Phi) is 4.34. The van der Waals surface area contributed by atoms with E-state index in [0.717, 1.165) is 32.0 Å². The third-order valence-corrected chi connectivity index (χ3v) is 6.42. The van der Waals surface area contributed by atoms with Crippen LogP contribution in [0, 0.1) is 5.92 Å². The highest BCUT2D eigenvalue weighted by Gasteiger charge is 2.39. The second-order valence-corrected chi connectivity index (χ2v) is 8.11. The van der Waals surface area contributed by atoms with E-state index in [-0.39, 0.29) is 5.54 Å². The molecule has 3 rings (SSSR count). The maximum absolute atomic E-state index is 6.02. The number of thioether (sulfide) groups is 1. The molecule has 20 heavy (non-hydrogen) atoms. The molecule has 5 heteroatoms. The van der Waals surface area contributed by atoms with Gasteiger partial charge in [0.2, 0.25) is 0 Å². The molecule has 108 valence electrons. The summed E-state index contributed by atoms with van der Waals surface area (Å²) in [5.41, 5.74) is 1.22. The lowest BCUT2D eigenvalue weighted by Gasteiger charge is -2.33. The quantitative estimate of drug-likeness (QED) is 0.696. The molecule has 1 aliphatic carbocycles. The number of anilines is 1. The molecular formula is C15H18BrClN2S. The van der Waals surface area contributed by atoms with Gasteiger partial charge >= 0.3 is 0 Å². The summed E-state index contributed by atoms with van der Waals surface area (Å²) in [7, 11) is 0. The Morgan fingerprint density at radius 3 is 3.10 bits per heavy atom. The van der Waals surface area contributed by atoms with Crippen molar-refractivity contribution in [2.24, 2.45) is 10.9 Å². The van der Waals surface area contributed by atoms with Gasteiger partial charge in [0.25, 0.3) is 0 Å². The molecule has 1 aromatic rings. The van der Waals surface area contributed by atoms with Crippen LogP contribution in [-0.4, -0.2) is 16.5 Å². The van der Waals surface area contributed by atoms with Crippen LogP contribution in [-0.2, 0) is 0 Å². The standard InChI is InChI=1S/C15H18BrClN2S/c1-10-3-2-6-15(8-10)9-20-14(19-15)18-11-4-5-13(17)12(16)7-11/h4-5,7,10H,2-3,6,8-9H2,1H3,(H,18,19). The van der Waals surface area contributed by atoms with Crippen LogP contribution in [0.15, 0.2) is 27.7 Å². The smallest absolute Gasteiger partial charge is 0.161 e. The van der Waals surface area contributed by atoms with Crippen molar-refractivity contribution in [2.75, 3.05) is 11.1 Å². The highest BCUT2D eigenvalue weighted by molar-refractivity contribution is 9.10. The van der Waals surface area contributed by atoms with Crippen LogP contribution in [0.1, 0.15) is 32.6 Å². The van der Waals surface area contributed by atoms with Gasteiger partial charge in [-0.05, 0) is 52.9 Å². The van der Waals surface area contributed by atoms with Gasteiger partial charge in [-0.3, -0.25) is 4.99 Å². The maximum atomic E-state index is 6.02. The van der Waals surface area contributed by atoms with Gasteiger partial charge in [-0.1, -0.05) is 43.1 Å². The van der Waals surface area contributed by atoms with Crippen LogP contribution in [0.4, 0.5) is 5.69 Å². The van der Waals surface area contributed by atoms with Crippen molar-refractivity contribution < 1.29 is 0 Å². The molecule has 2 nitrogen and oxygen atoms in total. The number of rotatable bonds is 1. The summed E-state index contributed by atoms with van der Waals surface area (Å²) in [6.07, 6.45) is 5.13. The number of amidine groups is 1. The van der Waals surface area contributed by atoms with Crippen LogP contribution in [0.2, 0.25) is 5.02 Å². The van der Waals surface area contributed by atoms with E-state index in [4.69, 9.17) is 16.6 Å². The largest absolute Gasteiger partial charge is 0.335 e. The molecule has 1 fully saturated rings. The molecule has 1 N–H and O–H groups in total. The van der Waals surface area contributed by atoms with Crippen LogP contribution in [0.25, 0.3) is 0 Å². The number of aliphatic imine (C=N–C) groups is 1. The van der Waals surface area contributed by atoms with E-state index in [9.17, 15) is 0 Å². The molecule has 2 atom stereocenters. The third kappa shape index (κ3) is 3.18. The van der Waals surface area contributed by atoms with Gasteiger partial charge in [0, 0.05) is 15.9 Å². The molecule has 2 unspecified atom stereocenters. The minimum absolute atomic E-state index is 0.189. The minimum atomic E-state index is 0.189. The number of hydrogen-bond acceptors (Lipinski definition) is 3. The highest BCUT2D eigenvalue weighted by Crippen LogP contribution is 2.42. The summed E-state index contributed by atoms with van der Waals surface area (Å²) in [5.74, 6) is 1.92. The lowest BCUT2D eigenvalue weighted by molar-refractivity contribution is 0.266. The van der Waals surface area contributed by atoms with Crippen LogP contribution < -0.4 is 5.32 Å². The van der Waals surface area contributed by atoms with E-state index in [1.165, 1.54) is 25.7 Å². The third-order valence-electron chi connectivity index (χ3n) is 4.05. The Hall–Kier alpha value is -0.190. The monoisotopic (exact) mass is 372 g/mol. The lowest BCUT2D eigenvalue weighted by Crippen LogP contribution is -2.33. The molecular weight excluding hydrogens is 356 g/mol. The highest BCUT2D eigenvalue weighted by atomic mass is 79.9. The Balaban J connectivity index is 1.73. The molecule has 1 spiro atoms. The van der Waals surface area contributed by atoms with Crippen LogP contribution in [0.5, 0.6) is 0 Å². The Bertz CT molecular complexity index is 549. The van der Waals surface area contributed by atoms with Crippen molar-refractivity contribution in [3.8, 4) is 0 Å². The Morgan fingerprint density at radius 2 is 2.35 bits per heavy atom. The zero-order valence-electron chi connectivity index (χ0n) is 11.5. The first-order valence-electron chi connectivity index (χ1n) is 7.01. The zero-order valence-corrected chi connectivity index (χ0v) is 14.6. The van der Waals surface area contributed by atoms with Gasteiger partial charge in [0.1, 0.15) is 0 Å². The summed E-state index contributed by atoms with van der Waals surface area (Å²) in [6, 6.07) is 5.89. The van der Waals surface area contributed by atoms with Crippen LogP contribution >= 0.6 is 39.3 Å². The summed E-state index contributed by atoms with van der Waals surface area (Å²) in [4.78, 5) is 5.00. The van der Waals surface area contributed by atoms with Crippen molar-refractivity contribution in [1.29, 1.82) is 0 Å². The fraction of sp³-hybridized carbons (Fsp3) is 0.533. The Morgan fingerprint density at radius 1 is 1.50 bits per heavy atom. The van der Waals surface area contributed by atoms with Crippen molar-refractivity contribution in [3.05, 3.63) is 27.7 Å². The molecule has 1 aliphatic heterocycles. The van der Waals surface area contributed by atoms with Crippen molar-refractivity contribution >= 4 is 50.1 Å². The van der Waals surface area contributed by atoms with Crippen molar-refractivity contribution in [2.45, 2.75) is 38.1 Å². The molecule has 2 aliphatic rings.